The predicted octanol–water partition coefficient (Wildman–Crippen LogP) is 2.84. The maximum absolute atomic E-state index is 13.0. The first kappa shape index (κ1) is 20.4. The topological polar surface area (TPSA) is 108 Å². The number of hydrogen-bond acceptors (Lipinski definition) is 5. The molecular formula is C20H21F2N3O4. The summed E-state index contributed by atoms with van der Waals surface area (Å²) in [5.41, 5.74) is 13.4. The van der Waals surface area contributed by atoms with Crippen LogP contribution >= 0.6 is 0 Å². The Kier molecular flexibility index (Phi) is 5.86. The van der Waals surface area contributed by atoms with Gasteiger partial charge in [-0.25, -0.2) is 0 Å². The monoisotopic (exact) mass is 405 g/mol. The summed E-state index contributed by atoms with van der Waals surface area (Å²) < 4.78 is 35.2. The molecule has 1 heterocycles. The molecule has 1 atom stereocenters. The first-order valence-corrected chi connectivity index (χ1v) is 9.00. The normalized spacial score (nSPS) is 14.1. The van der Waals surface area contributed by atoms with Gasteiger partial charge in [-0.2, -0.15) is 8.78 Å². The minimum atomic E-state index is -3.01. The molecule has 3 rings (SSSR count). The number of hydrogen-bond donors (Lipinski definition) is 2. The van der Waals surface area contributed by atoms with Crippen LogP contribution in [0.4, 0.5) is 14.5 Å². The van der Waals surface area contributed by atoms with Gasteiger partial charge in [-0.3, -0.25) is 9.59 Å². The number of nitrogen functional groups attached to an aromatic ring is 1. The number of alkyl halides is 2. The molecule has 154 valence electrons. The number of anilines is 1. The number of carbonyl (C=O) groups is 2. The van der Waals surface area contributed by atoms with Gasteiger partial charge in [-0.1, -0.05) is 18.2 Å². The lowest BCUT2D eigenvalue weighted by atomic mass is 10.0. The average molecular weight is 405 g/mol. The largest absolute Gasteiger partial charge is 0.490 e. The van der Waals surface area contributed by atoms with Gasteiger partial charge < -0.3 is 25.8 Å². The molecule has 2 aromatic rings. The van der Waals surface area contributed by atoms with Gasteiger partial charge in [0.15, 0.2) is 11.5 Å². The Balaban J connectivity index is 2.00. The summed E-state index contributed by atoms with van der Waals surface area (Å²) in [4.78, 5) is 26.2. The van der Waals surface area contributed by atoms with E-state index in [9.17, 15) is 18.4 Å². The van der Waals surface area contributed by atoms with E-state index >= 15 is 0 Å². The molecule has 0 aliphatic carbocycles. The molecule has 0 fully saturated rings. The summed E-state index contributed by atoms with van der Waals surface area (Å²) in [6.45, 7) is -0.854. The van der Waals surface area contributed by atoms with Crippen LogP contribution in [0, 0.1) is 0 Å². The van der Waals surface area contributed by atoms with Crippen LogP contribution in [0.1, 0.15) is 40.9 Å². The van der Waals surface area contributed by atoms with Gasteiger partial charge in [0, 0.05) is 12.2 Å². The lowest BCUT2D eigenvalue weighted by molar-refractivity contribution is -0.119. The fraction of sp³-hybridized carbons (Fsp3) is 0.300. The van der Waals surface area contributed by atoms with Crippen LogP contribution in [-0.2, 0) is 11.3 Å². The molecule has 0 saturated heterocycles. The van der Waals surface area contributed by atoms with E-state index in [1.165, 1.54) is 23.1 Å². The minimum absolute atomic E-state index is 0.0865. The first-order chi connectivity index (χ1) is 13.8. The number of fused-ring (bicyclic) bond motifs is 1. The smallest absolute Gasteiger partial charge is 0.387 e. The van der Waals surface area contributed by atoms with E-state index in [2.05, 4.69) is 4.74 Å². The van der Waals surface area contributed by atoms with Gasteiger partial charge in [-0.15, -0.1) is 0 Å². The summed E-state index contributed by atoms with van der Waals surface area (Å²) in [7, 11) is 0. The molecule has 0 aromatic heterocycles. The maximum Gasteiger partial charge on any atom is 0.387 e. The molecule has 2 amide bonds. The lowest BCUT2D eigenvalue weighted by Gasteiger charge is -2.28. The van der Waals surface area contributed by atoms with Gasteiger partial charge in [0.25, 0.3) is 5.91 Å². The Morgan fingerprint density at radius 2 is 2.00 bits per heavy atom. The SMILES string of the molecule is CCOc1cc(C(CC(N)=O)N2Cc3cccc(N)c3C2=O)ccc1OC(F)F. The molecule has 9 heteroatoms. The molecule has 2 aromatic carbocycles. The Bertz CT molecular complexity index is 936. The molecule has 1 aliphatic heterocycles. The van der Waals surface area contributed by atoms with E-state index in [4.69, 9.17) is 16.2 Å². The van der Waals surface area contributed by atoms with Crippen LogP contribution in [-0.4, -0.2) is 29.9 Å². The fourth-order valence-corrected chi connectivity index (χ4v) is 3.46. The third-order valence-electron chi connectivity index (χ3n) is 4.64. The van der Waals surface area contributed by atoms with Crippen LogP contribution < -0.4 is 20.9 Å². The molecule has 0 radical (unpaired) electrons. The maximum atomic E-state index is 13.0. The highest BCUT2D eigenvalue weighted by atomic mass is 19.3. The Morgan fingerprint density at radius 1 is 1.24 bits per heavy atom. The van der Waals surface area contributed by atoms with Crippen molar-refractivity contribution < 1.29 is 27.8 Å². The van der Waals surface area contributed by atoms with Crippen molar-refractivity contribution >= 4 is 17.5 Å². The Morgan fingerprint density at radius 3 is 2.62 bits per heavy atom. The second kappa shape index (κ2) is 8.34. The van der Waals surface area contributed by atoms with Crippen molar-refractivity contribution in [1.29, 1.82) is 0 Å². The zero-order valence-electron chi connectivity index (χ0n) is 15.7. The Labute approximate surface area is 166 Å². The van der Waals surface area contributed by atoms with Gasteiger partial charge in [0.1, 0.15) is 0 Å². The molecular weight excluding hydrogens is 384 g/mol. The van der Waals surface area contributed by atoms with Gasteiger partial charge >= 0.3 is 6.61 Å². The molecule has 4 N–H and O–H groups in total. The molecule has 1 aliphatic rings. The van der Waals surface area contributed by atoms with Crippen LogP contribution in [0.5, 0.6) is 11.5 Å². The van der Waals surface area contributed by atoms with E-state index in [0.717, 1.165) is 5.56 Å². The van der Waals surface area contributed by atoms with E-state index < -0.39 is 18.6 Å². The fourth-order valence-electron chi connectivity index (χ4n) is 3.46. The van der Waals surface area contributed by atoms with Crippen molar-refractivity contribution in [2.45, 2.75) is 32.5 Å². The first-order valence-electron chi connectivity index (χ1n) is 9.00. The molecule has 1 unspecified atom stereocenters. The Hall–Kier alpha value is -3.36. The van der Waals surface area contributed by atoms with E-state index in [-0.39, 0.29) is 37.0 Å². The third-order valence-corrected chi connectivity index (χ3v) is 4.64. The summed E-state index contributed by atoms with van der Waals surface area (Å²) >= 11 is 0. The summed E-state index contributed by atoms with van der Waals surface area (Å²) in [5.74, 6) is -0.986. The van der Waals surface area contributed by atoms with Crippen LogP contribution in [0.15, 0.2) is 36.4 Å². The van der Waals surface area contributed by atoms with Gasteiger partial charge in [0.2, 0.25) is 5.91 Å². The highest BCUT2D eigenvalue weighted by Crippen LogP contribution is 2.39. The number of ether oxygens (including phenoxy) is 2. The highest BCUT2D eigenvalue weighted by Gasteiger charge is 2.36. The van der Waals surface area contributed by atoms with Crippen molar-refractivity contribution in [1.82, 2.24) is 4.90 Å². The van der Waals surface area contributed by atoms with Crippen molar-refractivity contribution in [3.05, 3.63) is 53.1 Å². The van der Waals surface area contributed by atoms with Crippen LogP contribution in [0.3, 0.4) is 0 Å². The predicted molar refractivity (Wildman–Crippen MR) is 102 cm³/mol. The highest BCUT2D eigenvalue weighted by molar-refractivity contribution is 6.03. The lowest BCUT2D eigenvalue weighted by Crippen LogP contribution is -2.32. The van der Waals surface area contributed by atoms with Gasteiger partial charge in [0.05, 0.1) is 24.6 Å². The average Bonchev–Trinajstić information content (AvgIpc) is 2.98. The summed E-state index contributed by atoms with van der Waals surface area (Å²) in [6.07, 6.45) is -0.153. The third kappa shape index (κ3) is 4.23. The van der Waals surface area contributed by atoms with E-state index in [1.807, 2.05) is 0 Å². The minimum Gasteiger partial charge on any atom is -0.490 e. The number of benzene rings is 2. The van der Waals surface area contributed by atoms with Crippen molar-refractivity contribution in [2.75, 3.05) is 12.3 Å². The number of rotatable bonds is 8. The van der Waals surface area contributed by atoms with Crippen LogP contribution in [0.25, 0.3) is 0 Å². The second-order valence-corrected chi connectivity index (χ2v) is 6.52. The van der Waals surface area contributed by atoms with Crippen molar-refractivity contribution in [3.63, 3.8) is 0 Å². The standard InChI is InChI=1S/C20H21F2N3O4/c1-2-28-16-8-11(6-7-15(16)29-20(21)22)14(9-17(24)26)25-10-12-4-3-5-13(23)18(12)19(25)27/h3-8,14,20H,2,9-10,23H2,1H3,(H2,24,26). The molecule has 7 nitrogen and oxygen atoms in total. The molecule has 29 heavy (non-hydrogen) atoms. The number of nitrogens with two attached hydrogens (primary N) is 2. The number of nitrogens with zero attached hydrogens (tertiary/aromatic N) is 1. The van der Waals surface area contributed by atoms with E-state index in [0.29, 0.717) is 16.8 Å². The number of halogens is 2. The number of amides is 2. The van der Waals surface area contributed by atoms with Crippen LogP contribution in [0.2, 0.25) is 0 Å². The quantitative estimate of drug-likeness (QED) is 0.657. The van der Waals surface area contributed by atoms with Crippen molar-refractivity contribution in [2.24, 2.45) is 5.73 Å². The number of primary amides is 1. The summed E-state index contributed by atoms with van der Waals surface area (Å²) in [6, 6.07) is 8.76. The van der Waals surface area contributed by atoms with Crippen molar-refractivity contribution in [3.8, 4) is 11.5 Å². The summed E-state index contributed by atoms with van der Waals surface area (Å²) in [5, 5.41) is 0. The zero-order chi connectivity index (χ0) is 21.1. The van der Waals surface area contributed by atoms with Gasteiger partial charge in [-0.05, 0) is 36.2 Å². The molecule has 0 saturated carbocycles. The molecule has 0 bridgehead atoms. The number of carbonyl (C=O) groups excluding carboxylic acids is 2. The molecule has 0 spiro atoms. The zero-order valence-corrected chi connectivity index (χ0v) is 15.7. The van der Waals surface area contributed by atoms with E-state index in [1.54, 1.807) is 25.1 Å². The second-order valence-electron chi connectivity index (χ2n) is 6.52.